The smallest absolute Gasteiger partial charge is 0.241 e. The summed E-state index contributed by atoms with van der Waals surface area (Å²) in [5.74, 6) is -0.431. The van der Waals surface area contributed by atoms with Gasteiger partial charge in [-0.3, -0.25) is 0 Å². The first-order chi connectivity index (χ1) is 9.04. The molecule has 2 rings (SSSR count). The van der Waals surface area contributed by atoms with Crippen molar-refractivity contribution in [3.05, 3.63) is 29.6 Å². The van der Waals surface area contributed by atoms with E-state index in [0.29, 0.717) is 19.8 Å². The summed E-state index contributed by atoms with van der Waals surface area (Å²) in [6.07, 6.45) is 0.829. The van der Waals surface area contributed by atoms with Crippen LogP contribution in [0.4, 0.5) is 4.39 Å². The Hall–Kier alpha value is -1.02. The van der Waals surface area contributed by atoms with E-state index < -0.39 is 15.8 Å². The number of ether oxygens (including phenoxy) is 1. The predicted octanol–water partition coefficient (Wildman–Crippen LogP) is 0.599. The number of rotatable bonds is 5. The molecule has 106 valence electrons. The molecule has 0 aromatic heterocycles. The van der Waals surface area contributed by atoms with Crippen LogP contribution >= 0.6 is 0 Å². The second-order valence-electron chi connectivity index (χ2n) is 4.50. The van der Waals surface area contributed by atoms with Gasteiger partial charge in [0, 0.05) is 25.3 Å². The van der Waals surface area contributed by atoms with Crippen LogP contribution in [0.3, 0.4) is 0 Å². The van der Waals surface area contributed by atoms with Gasteiger partial charge in [0.2, 0.25) is 10.0 Å². The average Bonchev–Trinajstić information content (AvgIpc) is 2.89. The SMILES string of the molecule is NCc1c(F)cccc1S(=O)(=O)NCC1CCOC1. The van der Waals surface area contributed by atoms with E-state index >= 15 is 0 Å². The Morgan fingerprint density at radius 2 is 2.26 bits per heavy atom. The molecule has 1 aliphatic heterocycles. The average molecular weight is 288 g/mol. The number of hydrogen-bond acceptors (Lipinski definition) is 4. The fraction of sp³-hybridized carbons (Fsp3) is 0.500. The molecule has 19 heavy (non-hydrogen) atoms. The van der Waals surface area contributed by atoms with Crippen LogP contribution in [0.5, 0.6) is 0 Å². The van der Waals surface area contributed by atoms with E-state index in [1.165, 1.54) is 18.2 Å². The Kier molecular flexibility index (Phi) is 4.51. The molecule has 0 saturated carbocycles. The number of halogens is 1. The summed E-state index contributed by atoms with van der Waals surface area (Å²) >= 11 is 0. The van der Waals surface area contributed by atoms with Crippen molar-refractivity contribution in [3.8, 4) is 0 Å². The van der Waals surface area contributed by atoms with E-state index in [0.717, 1.165) is 6.42 Å². The molecule has 0 radical (unpaired) electrons. The lowest BCUT2D eigenvalue weighted by molar-refractivity contribution is 0.186. The van der Waals surface area contributed by atoms with Crippen LogP contribution in [0.25, 0.3) is 0 Å². The first-order valence-corrected chi connectivity index (χ1v) is 7.58. The van der Waals surface area contributed by atoms with Gasteiger partial charge in [-0.25, -0.2) is 17.5 Å². The van der Waals surface area contributed by atoms with Gasteiger partial charge >= 0.3 is 0 Å². The maximum absolute atomic E-state index is 13.5. The monoisotopic (exact) mass is 288 g/mol. The second-order valence-corrected chi connectivity index (χ2v) is 6.24. The highest BCUT2D eigenvalue weighted by molar-refractivity contribution is 7.89. The Morgan fingerprint density at radius 3 is 2.89 bits per heavy atom. The van der Waals surface area contributed by atoms with Crippen LogP contribution in [0.2, 0.25) is 0 Å². The van der Waals surface area contributed by atoms with E-state index in [1.807, 2.05) is 0 Å². The number of hydrogen-bond donors (Lipinski definition) is 2. The summed E-state index contributed by atoms with van der Waals surface area (Å²) in [5.41, 5.74) is 5.43. The second kappa shape index (κ2) is 5.96. The maximum Gasteiger partial charge on any atom is 0.241 e. The minimum absolute atomic E-state index is 0.0117. The molecular formula is C12H17FN2O3S. The number of nitrogens with two attached hydrogens (primary N) is 1. The fourth-order valence-electron chi connectivity index (χ4n) is 2.04. The normalized spacial score (nSPS) is 19.8. The highest BCUT2D eigenvalue weighted by atomic mass is 32.2. The molecule has 0 spiro atoms. The third-order valence-electron chi connectivity index (χ3n) is 3.16. The minimum Gasteiger partial charge on any atom is -0.381 e. The highest BCUT2D eigenvalue weighted by Gasteiger charge is 2.23. The molecule has 1 fully saturated rings. The van der Waals surface area contributed by atoms with Crippen molar-refractivity contribution in [2.45, 2.75) is 17.9 Å². The molecule has 1 aromatic rings. The molecule has 0 amide bonds. The van der Waals surface area contributed by atoms with E-state index in [-0.39, 0.29) is 22.9 Å². The van der Waals surface area contributed by atoms with Crippen molar-refractivity contribution in [2.75, 3.05) is 19.8 Å². The van der Waals surface area contributed by atoms with Crippen LogP contribution in [-0.4, -0.2) is 28.2 Å². The van der Waals surface area contributed by atoms with Crippen molar-refractivity contribution in [3.63, 3.8) is 0 Å². The summed E-state index contributed by atoms with van der Waals surface area (Å²) in [7, 11) is -3.74. The maximum atomic E-state index is 13.5. The molecule has 1 aromatic carbocycles. The number of sulfonamides is 1. The van der Waals surface area contributed by atoms with Crippen molar-refractivity contribution < 1.29 is 17.5 Å². The van der Waals surface area contributed by atoms with E-state index in [2.05, 4.69) is 4.72 Å². The topological polar surface area (TPSA) is 81.4 Å². The first-order valence-electron chi connectivity index (χ1n) is 6.09. The standard InChI is InChI=1S/C12H17FN2O3S/c13-11-2-1-3-12(10(11)6-14)19(16,17)15-7-9-4-5-18-8-9/h1-3,9,15H,4-8,14H2. The molecule has 3 N–H and O–H groups in total. The molecule has 0 bridgehead atoms. The molecule has 5 nitrogen and oxygen atoms in total. The molecule has 0 aliphatic carbocycles. The van der Waals surface area contributed by atoms with Gasteiger partial charge < -0.3 is 10.5 Å². The van der Waals surface area contributed by atoms with Gasteiger partial charge in [-0.1, -0.05) is 6.07 Å². The van der Waals surface area contributed by atoms with Gasteiger partial charge in [0.25, 0.3) is 0 Å². The quantitative estimate of drug-likeness (QED) is 0.831. The minimum atomic E-state index is -3.74. The van der Waals surface area contributed by atoms with Crippen LogP contribution in [0.15, 0.2) is 23.1 Å². The molecular weight excluding hydrogens is 271 g/mol. The Balaban J connectivity index is 2.16. The summed E-state index contributed by atoms with van der Waals surface area (Å²) in [5, 5.41) is 0. The van der Waals surface area contributed by atoms with Crippen molar-refractivity contribution in [2.24, 2.45) is 11.7 Å². The zero-order valence-corrected chi connectivity index (χ0v) is 11.2. The third kappa shape index (κ3) is 3.30. The lowest BCUT2D eigenvalue weighted by atomic mass is 10.1. The number of benzene rings is 1. The first kappa shape index (κ1) is 14.4. The molecule has 1 heterocycles. The van der Waals surface area contributed by atoms with Crippen molar-refractivity contribution in [1.82, 2.24) is 4.72 Å². The summed E-state index contributed by atoms with van der Waals surface area (Å²) in [6.45, 7) is 1.34. The van der Waals surface area contributed by atoms with Gasteiger partial charge in [-0.15, -0.1) is 0 Å². The van der Waals surface area contributed by atoms with Gasteiger partial charge in [0.15, 0.2) is 0 Å². The molecule has 7 heteroatoms. The summed E-state index contributed by atoms with van der Waals surface area (Å²) < 4.78 is 45.5. The van der Waals surface area contributed by atoms with Gasteiger partial charge in [0.1, 0.15) is 5.82 Å². The fourth-order valence-corrected chi connectivity index (χ4v) is 3.41. The van der Waals surface area contributed by atoms with Gasteiger partial charge in [-0.05, 0) is 24.5 Å². The molecule has 1 aliphatic rings. The van der Waals surface area contributed by atoms with E-state index in [9.17, 15) is 12.8 Å². The van der Waals surface area contributed by atoms with E-state index in [4.69, 9.17) is 10.5 Å². The van der Waals surface area contributed by atoms with E-state index in [1.54, 1.807) is 0 Å². The Labute approximate surface area is 112 Å². The zero-order chi connectivity index (χ0) is 13.9. The van der Waals surface area contributed by atoms with Gasteiger partial charge in [-0.2, -0.15) is 0 Å². The largest absolute Gasteiger partial charge is 0.381 e. The lowest BCUT2D eigenvalue weighted by Crippen LogP contribution is -2.30. The van der Waals surface area contributed by atoms with Crippen LogP contribution in [0.1, 0.15) is 12.0 Å². The Morgan fingerprint density at radius 1 is 1.47 bits per heavy atom. The zero-order valence-electron chi connectivity index (χ0n) is 10.4. The molecule has 1 unspecified atom stereocenters. The van der Waals surface area contributed by atoms with Crippen molar-refractivity contribution in [1.29, 1.82) is 0 Å². The van der Waals surface area contributed by atoms with Gasteiger partial charge in [0.05, 0.1) is 11.5 Å². The summed E-state index contributed by atoms with van der Waals surface area (Å²) in [6, 6.07) is 3.92. The predicted molar refractivity (Wildman–Crippen MR) is 68.4 cm³/mol. The lowest BCUT2D eigenvalue weighted by Gasteiger charge is -2.13. The third-order valence-corrected chi connectivity index (χ3v) is 4.66. The van der Waals surface area contributed by atoms with Crippen LogP contribution < -0.4 is 10.5 Å². The summed E-state index contributed by atoms with van der Waals surface area (Å²) in [4.78, 5) is -0.0890. The number of nitrogens with one attached hydrogen (secondary N) is 1. The van der Waals surface area contributed by atoms with Crippen molar-refractivity contribution >= 4 is 10.0 Å². The van der Waals surface area contributed by atoms with Crippen LogP contribution in [0, 0.1) is 11.7 Å². The molecule has 1 atom stereocenters. The highest BCUT2D eigenvalue weighted by Crippen LogP contribution is 2.19. The molecule has 1 saturated heterocycles. The Bertz CT molecular complexity index is 542. The van der Waals surface area contributed by atoms with Crippen LogP contribution in [-0.2, 0) is 21.3 Å².